The smallest absolute Gasteiger partial charge is 0.255 e. The number of carbonyl (C=O) groups is 1. The van der Waals surface area contributed by atoms with Crippen molar-refractivity contribution >= 4 is 5.91 Å². The molecule has 6 nitrogen and oxygen atoms in total. The maximum atomic E-state index is 13.3. The summed E-state index contributed by atoms with van der Waals surface area (Å²) in [5, 5.41) is 4.12. The first kappa shape index (κ1) is 19.4. The van der Waals surface area contributed by atoms with Crippen LogP contribution in [0.15, 0.2) is 40.9 Å². The summed E-state index contributed by atoms with van der Waals surface area (Å²) in [7, 11) is 0. The Balaban J connectivity index is 1.56. The number of rotatable bonds is 4. The van der Waals surface area contributed by atoms with E-state index in [1.165, 1.54) is 0 Å². The molecule has 1 amide bonds. The van der Waals surface area contributed by atoms with Crippen molar-refractivity contribution in [3.63, 3.8) is 0 Å². The van der Waals surface area contributed by atoms with Gasteiger partial charge >= 0.3 is 0 Å². The molecule has 1 saturated heterocycles. The van der Waals surface area contributed by atoms with E-state index in [1.807, 2.05) is 43.0 Å². The lowest BCUT2D eigenvalue weighted by Gasteiger charge is -2.37. The molecular weight excluding hydrogens is 364 g/mol. The summed E-state index contributed by atoms with van der Waals surface area (Å²) >= 11 is 0. The predicted octanol–water partition coefficient (Wildman–Crippen LogP) is 4.37. The van der Waals surface area contributed by atoms with Gasteiger partial charge in [0.15, 0.2) is 5.82 Å². The fourth-order valence-electron chi connectivity index (χ4n) is 4.26. The maximum absolute atomic E-state index is 13.3. The maximum Gasteiger partial charge on any atom is 0.255 e. The summed E-state index contributed by atoms with van der Waals surface area (Å²) in [6.07, 6.45) is 1.66. The van der Waals surface area contributed by atoms with E-state index < -0.39 is 0 Å². The fraction of sp³-hybridized carbons (Fsp3) is 0.435. The van der Waals surface area contributed by atoms with E-state index in [4.69, 9.17) is 4.52 Å². The lowest BCUT2D eigenvalue weighted by molar-refractivity contribution is 0.0669. The number of piperidine rings is 1. The van der Waals surface area contributed by atoms with Crippen LogP contribution in [0.25, 0.3) is 11.3 Å². The zero-order valence-corrected chi connectivity index (χ0v) is 17.6. The van der Waals surface area contributed by atoms with Crippen LogP contribution >= 0.6 is 0 Å². The zero-order chi connectivity index (χ0) is 20.6. The van der Waals surface area contributed by atoms with E-state index in [0.29, 0.717) is 19.0 Å². The third-order valence-electron chi connectivity index (χ3n) is 6.20. The van der Waals surface area contributed by atoms with Crippen LogP contribution in [0.2, 0.25) is 0 Å². The van der Waals surface area contributed by atoms with Crippen molar-refractivity contribution in [2.24, 2.45) is 0 Å². The first-order chi connectivity index (χ1) is 13.9. The van der Waals surface area contributed by atoms with Crippen molar-refractivity contribution in [2.45, 2.75) is 52.5 Å². The third-order valence-corrected chi connectivity index (χ3v) is 6.20. The molecule has 0 bridgehead atoms. The van der Waals surface area contributed by atoms with Crippen molar-refractivity contribution in [2.75, 3.05) is 13.1 Å². The largest absolute Gasteiger partial charge is 0.344 e. The normalized spacial score (nSPS) is 16.2. The molecule has 1 aromatic carbocycles. The highest BCUT2D eigenvalue weighted by atomic mass is 16.5. The van der Waals surface area contributed by atoms with Gasteiger partial charge in [-0.1, -0.05) is 42.4 Å². The molecule has 3 aromatic rings. The summed E-state index contributed by atoms with van der Waals surface area (Å²) in [5.74, 6) is 1.45. The Bertz CT molecular complexity index is 1010. The Hall–Kier alpha value is -2.89. The number of hydrogen-bond acceptors (Lipinski definition) is 4. The van der Waals surface area contributed by atoms with Crippen molar-refractivity contribution in [3.8, 4) is 11.3 Å². The molecule has 0 spiro atoms. The molecule has 6 heteroatoms. The molecule has 2 aromatic heterocycles. The molecule has 0 aliphatic carbocycles. The van der Waals surface area contributed by atoms with Gasteiger partial charge in [0.25, 0.3) is 5.91 Å². The molecule has 0 N–H and O–H groups in total. The van der Waals surface area contributed by atoms with Crippen LogP contribution in [0.5, 0.6) is 0 Å². The highest BCUT2D eigenvalue weighted by molar-refractivity contribution is 5.97. The Kier molecular flexibility index (Phi) is 5.03. The molecule has 0 saturated carbocycles. The van der Waals surface area contributed by atoms with Crippen LogP contribution in [0, 0.1) is 13.8 Å². The lowest BCUT2D eigenvalue weighted by Crippen LogP contribution is -2.44. The van der Waals surface area contributed by atoms with E-state index in [-0.39, 0.29) is 11.3 Å². The van der Waals surface area contributed by atoms with Crippen molar-refractivity contribution < 1.29 is 9.32 Å². The van der Waals surface area contributed by atoms with Gasteiger partial charge in [-0.2, -0.15) is 4.98 Å². The van der Waals surface area contributed by atoms with E-state index in [9.17, 15) is 4.79 Å². The molecule has 29 heavy (non-hydrogen) atoms. The van der Waals surface area contributed by atoms with Gasteiger partial charge in [-0.05, 0) is 38.3 Å². The van der Waals surface area contributed by atoms with Crippen LogP contribution in [0.3, 0.4) is 0 Å². The average Bonchev–Trinajstić information content (AvgIpc) is 3.32. The monoisotopic (exact) mass is 392 g/mol. The van der Waals surface area contributed by atoms with Crippen LogP contribution in [0.1, 0.15) is 54.5 Å². The van der Waals surface area contributed by atoms with Gasteiger partial charge in [0.1, 0.15) is 0 Å². The highest BCUT2D eigenvalue weighted by Gasteiger charge is 2.37. The summed E-state index contributed by atoms with van der Waals surface area (Å²) in [4.78, 5) is 19.7. The van der Waals surface area contributed by atoms with Gasteiger partial charge in [-0.3, -0.25) is 4.79 Å². The molecule has 1 aliphatic rings. The number of benzene rings is 1. The third kappa shape index (κ3) is 3.48. The number of aromatic nitrogens is 3. The molecule has 3 heterocycles. The second-order valence-corrected chi connectivity index (χ2v) is 8.13. The second-order valence-electron chi connectivity index (χ2n) is 8.13. The first-order valence-corrected chi connectivity index (χ1v) is 10.3. The van der Waals surface area contributed by atoms with Gasteiger partial charge in [-0.15, -0.1) is 0 Å². The zero-order valence-electron chi connectivity index (χ0n) is 17.6. The summed E-state index contributed by atoms with van der Waals surface area (Å²) in [6.45, 7) is 10.3. The predicted molar refractivity (Wildman–Crippen MR) is 112 cm³/mol. The Morgan fingerprint density at radius 1 is 1.17 bits per heavy atom. The van der Waals surface area contributed by atoms with Crippen LogP contribution in [-0.2, 0) is 12.0 Å². The van der Waals surface area contributed by atoms with Crippen molar-refractivity contribution in [1.82, 2.24) is 19.6 Å². The molecule has 0 unspecified atom stereocenters. The minimum absolute atomic E-state index is 0.109. The fourth-order valence-corrected chi connectivity index (χ4v) is 4.26. The Labute approximate surface area is 171 Å². The minimum atomic E-state index is -0.145. The standard InChI is InChI=1S/C23H28N4O2/c1-5-27-16(2)19(15-20(27)18-9-7-6-8-10-18)21(28)26-13-11-23(4,12-14-26)22-24-17(3)29-25-22/h6-10,15H,5,11-14H2,1-4H3. The molecule has 1 aliphatic heterocycles. The van der Waals surface area contributed by atoms with Crippen molar-refractivity contribution in [3.05, 3.63) is 59.4 Å². The number of likely N-dealkylation sites (tertiary alicyclic amines) is 1. The van der Waals surface area contributed by atoms with Crippen LogP contribution in [0.4, 0.5) is 0 Å². The number of carbonyl (C=O) groups excluding carboxylic acids is 1. The van der Waals surface area contributed by atoms with E-state index in [1.54, 1.807) is 0 Å². The van der Waals surface area contributed by atoms with E-state index in [2.05, 4.69) is 40.7 Å². The quantitative estimate of drug-likeness (QED) is 0.661. The second kappa shape index (κ2) is 7.50. The number of nitrogens with zero attached hydrogens (tertiary/aromatic N) is 4. The Morgan fingerprint density at radius 2 is 1.86 bits per heavy atom. The van der Waals surface area contributed by atoms with Gasteiger partial charge in [0, 0.05) is 43.4 Å². The number of aryl methyl sites for hydroxylation is 1. The molecule has 4 rings (SSSR count). The molecule has 0 radical (unpaired) electrons. The van der Waals surface area contributed by atoms with Gasteiger partial charge < -0.3 is 14.0 Å². The molecular formula is C23H28N4O2. The summed E-state index contributed by atoms with van der Waals surface area (Å²) in [5.41, 5.74) is 3.91. The minimum Gasteiger partial charge on any atom is -0.344 e. The molecule has 0 atom stereocenters. The van der Waals surface area contributed by atoms with Gasteiger partial charge in [0.2, 0.25) is 5.89 Å². The summed E-state index contributed by atoms with van der Waals surface area (Å²) < 4.78 is 7.39. The SMILES string of the molecule is CCn1c(-c2ccccc2)cc(C(=O)N2CCC(C)(c3noc(C)n3)CC2)c1C. The number of hydrogen-bond donors (Lipinski definition) is 0. The van der Waals surface area contributed by atoms with Gasteiger partial charge in [-0.25, -0.2) is 0 Å². The van der Waals surface area contributed by atoms with Gasteiger partial charge in [0.05, 0.1) is 5.56 Å². The lowest BCUT2D eigenvalue weighted by atomic mass is 9.79. The number of amides is 1. The van der Waals surface area contributed by atoms with E-state index >= 15 is 0 Å². The topological polar surface area (TPSA) is 64.2 Å². The van der Waals surface area contributed by atoms with Crippen molar-refractivity contribution in [1.29, 1.82) is 0 Å². The summed E-state index contributed by atoms with van der Waals surface area (Å²) in [6, 6.07) is 12.3. The first-order valence-electron chi connectivity index (χ1n) is 10.3. The van der Waals surface area contributed by atoms with Crippen LogP contribution < -0.4 is 0 Å². The van der Waals surface area contributed by atoms with Crippen LogP contribution in [-0.4, -0.2) is 38.6 Å². The Morgan fingerprint density at radius 3 is 2.45 bits per heavy atom. The van der Waals surface area contributed by atoms with E-state index in [0.717, 1.165) is 47.7 Å². The highest BCUT2D eigenvalue weighted by Crippen LogP contribution is 2.34. The average molecular weight is 393 g/mol. The molecule has 152 valence electrons. The molecule has 1 fully saturated rings.